The summed E-state index contributed by atoms with van der Waals surface area (Å²) in [7, 11) is 1.63. The van der Waals surface area contributed by atoms with Crippen molar-refractivity contribution in [3.63, 3.8) is 0 Å². The lowest BCUT2D eigenvalue weighted by atomic mass is 9.61. The van der Waals surface area contributed by atoms with E-state index < -0.39 is 17.8 Å². The molecule has 0 bridgehead atoms. The molecule has 1 saturated heterocycles. The number of ether oxygens (including phenoxy) is 2. The van der Waals surface area contributed by atoms with Crippen LogP contribution in [0.3, 0.4) is 0 Å². The van der Waals surface area contributed by atoms with Gasteiger partial charge in [0, 0.05) is 12.5 Å². The van der Waals surface area contributed by atoms with E-state index in [9.17, 15) is 10.2 Å². The van der Waals surface area contributed by atoms with Gasteiger partial charge in [-0.1, -0.05) is 20.4 Å². The van der Waals surface area contributed by atoms with Gasteiger partial charge in [0.25, 0.3) is 0 Å². The highest BCUT2D eigenvalue weighted by atomic mass is 16.7. The number of rotatable bonds is 1. The highest BCUT2D eigenvalue weighted by Crippen LogP contribution is 2.66. The first-order valence-electron chi connectivity index (χ1n) is 7.56. The molecule has 7 atom stereocenters. The number of aliphatic hydroxyl groups excluding tert-OH is 2. The van der Waals surface area contributed by atoms with Gasteiger partial charge >= 0.3 is 0 Å². The number of aliphatic hydroxyl groups is 2. The summed E-state index contributed by atoms with van der Waals surface area (Å²) in [6.07, 6.45) is 1.10. The Hall–Kier alpha value is -0.420. The third-order valence-corrected chi connectivity index (χ3v) is 6.49. The Morgan fingerprint density at radius 2 is 2.05 bits per heavy atom. The zero-order valence-electron chi connectivity index (χ0n) is 12.6. The summed E-state index contributed by atoms with van der Waals surface area (Å²) in [5, 5.41) is 21.2. The van der Waals surface area contributed by atoms with Crippen LogP contribution >= 0.6 is 0 Å². The van der Waals surface area contributed by atoms with E-state index in [1.54, 1.807) is 7.11 Å². The van der Waals surface area contributed by atoms with Gasteiger partial charge in [-0.2, -0.15) is 0 Å². The van der Waals surface area contributed by atoms with Gasteiger partial charge in [-0.3, -0.25) is 0 Å². The van der Waals surface area contributed by atoms with E-state index in [4.69, 9.17) is 9.47 Å². The van der Waals surface area contributed by atoms with Crippen molar-refractivity contribution in [2.24, 2.45) is 22.7 Å². The zero-order chi connectivity index (χ0) is 14.7. The molecule has 4 heteroatoms. The molecule has 20 heavy (non-hydrogen) atoms. The summed E-state index contributed by atoms with van der Waals surface area (Å²) < 4.78 is 11.2. The minimum absolute atomic E-state index is 0.202. The SMILES string of the molecule is C=C1CO[C@@H](OC)[C@]12C[C@@H]1C[C@H](O)C[C@@H](C)[C@]1(C)[C@H]2O. The van der Waals surface area contributed by atoms with Gasteiger partial charge in [0.2, 0.25) is 0 Å². The smallest absolute Gasteiger partial charge is 0.169 e. The molecule has 0 aromatic carbocycles. The second-order valence-electron chi connectivity index (χ2n) is 7.22. The van der Waals surface area contributed by atoms with Crippen LogP contribution in [0.5, 0.6) is 0 Å². The van der Waals surface area contributed by atoms with E-state index in [0.717, 1.165) is 24.8 Å². The van der Waals surface area contributed by atoms with Crippen LogP contribution in [0.1, 0.15) is 33.1 Å². The predicted molar refractivity (Wildman–Crippen MR) is 74.9 cm³/mol. The maximum absolute atomic E-state index is 11.2. The zero-order valence-corrected chi connectivity index (χ0v) is 12.6. The Labute approximate surface area is 120 Å². The molecule has 0 unspecified atom stereocenters. The first-order chi connectivity index (χ1) is 9.37. The van der Waals surface area contributed by atoms with E-state index in [1.165, 1.54) is 0 Å². The minimum atomic E-state index is -0.526. The molecular weight excluding hydrogens is 256 g/mol. The van der Waals surface area contributed by atoms with Crippen LogP contribution in [0.4, 0.5) is 0 Å². The van der Waals surface area contributed by atoms with Gasteiger partial charge in [-0.25, -0.2) is 0 Å². The standard InChI is InChI=1S/C16H26O4/c1-9-5-12(17)6-11-7-16(13(18)15(9,11)3)10(2)8-20-14(16)19-4/h9,11-14,17-18H,2,5-8H2,1,3-4H3/t9-,11+,12-,13-,14-,15+,16-/m1/s1. The molecule has 0 aromatic rings. The molecule has 114 valence electrons. The molecule has 1 spiro atoms. The fourth-order valence-electron chi connectivity index (χ4n) is 5.08. The lowest BCUT2D eigenvalue weighted by Crippen LogP contribution is -2.50. The Morgan fingerprint density at radius 3 is 2.70 bits per heavy atom. The van der Waals surface area contributed by atoms with Crippen molar-refractivity contribution in [3.8, 4) is 0 Å². The van der Waals surface area contributed by atoms with Crippen LogP contribution in [-0.4, -0.2) is 42.4 Å². The highest BCUT2D eigenvalue weighted by Gasteiger charge is 2.68. The Bertz CT molecular complexity index is 423. The summed E-state index contributed by atoms with van der Waals surface area (Å²) in [4.78, 5) is 0. The van der Waals surface area contributed by atoms with Gasteiger partial charge in [-0.05, 0) is 36.7 Å². The van der Waals surface area contributed by atoms with E-state index in [-0.39, 0.29) is 23.4 Å². The van der Waals surface area contributed by atoms with Crippen LogP contribution in [0, 0.1) is 22.7 Å². The number of hydrogen-bond donors (Lipinski definition) is 2. The van der Waals surface area contributed by atoms with E-state index in [2.05, 4.69) is 20.4 Å². The van der Waals surface area contributed by atoms with Crippen molar-refractivity contribution in [2.45, 2.75) is 51.6 Å². The fourth-order valence-corrected chi connectivity index (χ4v) is 5.08. The molecule has 3 rings (SSSR count). The summed E-state index contributed by atoms with van der Waals surface area (Å²) in [5.74, 6) is 0.559. The first-order valence-corrected chi connectivity index (χ1v) is 7.56. The molecule has 1 aliphatic heterocycles. The summed E-state index contributed by atoms with van der Waals surface area (Å²) >= 11 is 0. The van der Waals surface area contributed by atoms with Crippen molar-refractivity contribution >= 4 is 0 Å². The van der Waals surface area contributed by atoms with E-state index in [1.807, 2.05) is 0 Å². The number of fused-ring (bicyclic) bond motifs is 1. The minimum Gasteiger partial charge on any atom is -0.393 e. The fraction of sp³-hybridized carbons (Fsp3) is 0.875. The van der Waals surface area contributed by atoms with Crippen LogP contribution in [0.15, 0.2) is 12.2 Å². The van der Waals surface area contributed by atoms with Crippen molar-refractivity contribution in [1.82, 2.24) is 0 Å². The van der Waals surface area contributed by atoms with Crippen molar-refractivity contribution in [1.29, 1.82) is 0 Å². The average Bonchev–Trinajstić information content (AvgIpc) is 2.82. The third kappa shape index (κ3) is 1.56. The maximum Gasteiger partial charge on any atom is 0.169 e. The third-order valence-electron chi connectivity index (χ3n) is 6.49. The molecule has 2 saturated carbocycles. The van der Waals surface area contributed by atoms with Crippen LogP contribution < -0.4 is 0 Å². The second kappa shape index (κ2) is 4.54. The van der Waals surface area contributed by atoms with Crippen molar-refractivity contribution in [3.05, 3.63) is 12.2 Å². The monoisotopic (exact) mass is 282 g/mol. The van der Waals surface area contributed by atoms with Crippen molar-refractivity contribution in [2.75, 3.05) is 13.7 Å². The topological polar surface area (TPSA) is 58.9 Å². The van der Waals surface area contributed by atoms with Crippen molar-refractivity contribution < 1.29 is 19.7 Å². The average molecular weight is 282 g/mol. The molecule has 3 fully saturated rings. The Morgan fingerprint density at radius 1 is 1.35 bits per heavy atom. The highest BCUT2D eigenvalue weighted by molar-refractivity contribution is 5.27. The molecule has 3 aliphatic rings. The summed E-state index contributed by atoms with van der Waals surface area (Å²) in [6.45, 7) is 8.89. The molecule has 0 amide bonds. The number of methoxy groups -OCH3 is 1. The van der Waals surface area contributed by atoms with Gasteiger partial charge in [0.05, 0.1) is 24.2 Å². The van der Waals surface area contributed by atoms with Crippen LogP contribution in [0.25, 0.3) is 0 Å². The first kappa shape index (κ1) is 14.5. The summed E-state index contributed by atoms with van der Waals surface area (Å²) in [5.41, 5.74) is 0.230. The quantitative estimate of drug-likeness (QED) is 0.719. The van der Waals surface area contributed by atoms with E-state index in [0.29, 0.717) is 6.61 Å². The predicted octanol–water partition coefficient (Wildman–Crippen LogP) is 1.71. The van der Waals surface area contributed by atoms with Gasteiger partial charge in [0.1, 0.15) is 0 Å². The lowest BCUT2D eigenvalue weighted by molar-refractivity contribution is -0.175. The normalized spacial score (nSPS) is 55.5. The molecule has 2 aliphatic carbocycles. The molecule has 4 nitrogen and oxygen atoms in total. The maximum atomic E-state index is 11.2. The Balaban J connectivity index is 2.03. The molecule has 0 aromatic heterocycles. The number of hydrogen-bond acceptors (Lipinski definition) is 4. The van der Waals surface area contributed by atoms with Crippen LogP contribution in [-0.2, 0) is 9.47 Å². The molecular formula is C16H26O4. The lowest BCUT2D eigenvalue weighted by Gasteiger charge is -2.47. The second-order valence-corrected chi connectivity index (χ2v) is 7.22. The van der Waals surface area contributed by atoms with Gasteiger partial charge in [0.15, 0.2) is 6.29 Å². The molecule has 0 radical (unpaired) electrons. The van der Waals surface area contributed by atoms with Gasteiger partial charge in [-0.15, -0.1) is 0 Å². The van der Waals surface area contributed by atoms with E-state index >= 15 is 0 Å². The molecule has 1 heterocycles. The van der Waals surface area contributed by atoms with Gasteiger partial charge < -0.3 is 19.7 Å². The van der Waals surface area contributed by atoms with Crippen LogP contribution in [0.2, 0.25) is 0 Å². The Kier molecular flexibility index (Phi) is 3.29. The molecule has 2 N–H and O–H groups in total. The summed E-state index contributed by atoms with van der Waals surface area (Å²) in [6, 6.07) is 0. The largest absolute Gasteiger partial charge is 0.393 e.